The van der Waals surface area contributed by atoms with Gasteiger partial charge in [-0.2, -0.15) is 0 Å². The van der Waals surface area contributed by atoms with Crippen LogP contribution in [0.2, 0.25) is 5.02 Å². The predicted molar refractivity (Wildman–Crippen MR) is 108 cm³/mol. The molecular weight excluding hydrogens is 379 g/mol. The highest BCUT2D eigenvalue weighted by Crippen LogP contribution is 2.29. The third-order valence-electron chi connectivity index (χ3n) is 5.01. The van der Waals surface area contributed by atoms with E-state index in [0.29, 0.717) is 29.6 Å². The highest BCUT2D eigenvalue weighted by molar-refractivity contribution is 6.30. The number of alkyl halides is 1. The molecule has 1 saturated heterocycles. The Balaban J connectivity index is 1.75. The third-order valence-corrected chi connectivity index (χ3v) is 5.26. The number of hydrogen-bond donors (Lipinski definition) is 1. The summed E-state index contributed by atoms with van der Waals surface area (Å²) in [6, 6.07) is 13.0. The molecule has 7 heteroatoms. The number of hydrogen-bond acceptors (Lipinski definition) is 5. The van der Waals surface area contributed by atoms with Crippen LogP contribution in [0.15, 0.2) is 54.9 Å². The molecule has 5 nitrogen and oxygen atoms in total. The molecule has 3 aromatic rings. The lowest BCUT2D eigenvalue weighted by Gasteiger charge is -2.34. The van der Waals surface area contributed by atoms with Crippen LogP contribution >= 0.6 is 11.6 Å². The van der Waals surface area contributed by atoms with Gasteiger partial charge in [0.25, 0.3) is 0 Å². The van der Waals surface area contributed by atoms with Gasteiger partial charge in [0.15, 0.2) is 5.82 Å². The van der Waals surface area contributed by atoms with Crippen LogP contribution < -0.4 is 4.90 Å². The van der Waals surface area contributed by atoms with Gasteiger partial charge < -0.3 is 10.0 Å². The van der Waals surface area contributed by atoms with Gasteiger partial charge in [-0.1, -0.05) is 23.7 Å². The van der Waals surface area contributed by atoms with E-state index >= 15 is 0 Å². The summed E-state index contributed by atoms with van der Waals surface area (Å²) in [5.41, 5.74) is 2.43. The Morgan fingerprint density at radius 2 is 1.96 bits per heavy atom. The number of rotatable bonds is 4. The normalized spacial score (nSPS) is 19.6. The monoisotopic (exact) mass is 398 g/mol. The van der Waals surface area contributed by atoms with E-state index < -0.39 is 6.17 Å². The van der Waals surface area contributed by atoms with Crippen molar-refractivity contribution in [3.8, 4) is 22.6 Å². The van der Waals surface area contributed by atoms with Crippen molar-refractivity contribution < 1.29 is 9.50 Å². The highest BCUT2D eigenvalue weighted by atomic mass is 35.5. The molecule has 144 valence electrons. The van der Waals surface area contributed by atoms with Gasteiger partial charge in [0.1, 0.15) is 12.0 Å². The van der Waals surface area contributed by atoms with E-state index in [4.69, 9.17) is 16.6 Å². The van der Waals surface area contributed by atoms with E-state index in [0.717, 1.165) is 16.8 Å². The minimum Gasteiger partial charge on any atom is -0.396 e. The van der Waals surface area contributed by atoms with Crippen molar-refractivity contribution in [2.24, 2.45) is 5.92 Å². The summed E-state index contributed by atoms with van der Waals surface area (Å²) in [5.74, 6) is 0.889. The van der Waals surface area contributed by atoms with Gasteiger partial charge in [-0.15, -0.1) is 0 Å². The van der Waals surface area contributed by atoms with E-state index in [2.05, 4.69) is 9.97 Å². The Kier molecular flexibility index (Phi) is 5.50. The number of aliphatic hydroxyl groups is 1. The van der Waals surface area contributed by atoms with Gasteiger partial charge in [-0.05, 0) is 30.7 Å². The van der Waals surface area contributed by atoms with E-state index in [-0.39, 0.29) is 19.1 Å². The first-order valence-corrected chi connectivity index (χ1v) is 9.57. The van der Waals surface area contributed by atoms with Gasteiger partial charge in [0, 0.05) is 53.7 Å². The van der Waals surface area contributed by atoms with Gasteiger partial charge >= 0.3 is 0 Å². The topological polar surface area (TPSA) is 62.1 Å². The van der Waals surface area contributed by atoms with Gasteiger partial charge in [-0.3, -0.25) is 4.98 Å². The quantitative estimate of drug-likeness (QED) is 0.719. The Labute approximate surface area is 167 Å². The predicted octanol–water partition coefficient (Wildman–Crippen LogP) is 4.02. The second-order valence-electron chi connectivity index (χ2n) is 6.88. The molecule has 0 aliphatic carbocycles. The van der Waals surface area contributed by atoms with Crippen LogP contribution in [0, 0.1) is 5.92 Å². The Morgan fingerprint density at radius 1 is 1.14 bits per heavy atom. The molecule has 2 aromatic heterocycles. The van der Waals surface area contributed by atoms with E-state index in [1.54, 1.807) is 12.4 Å². The first-order valence-electron chi connectivity index (χ1n) is 9.19. The van der Waals surface area contributed by atoms with Crippen molar-refractivity contribution in [1.82, 2.24) is 15.0 Å². The zero-order valence-corrected chi connectivity index (χ0v) is 15.9. The molecule has 1 N–H and O–H groups in total. The van der Waals surface area contributed by atoms with E-state index in [9.17, 15) is 9.50 Å². The Morgan fingerprint density at radius 3 is 2.64 bits per heavy atom. The second kappa shape index (κ2) is 8.20. The van der Waals surface area contributed by atoms with Gasteiger partial charge in [-0.25, -0.2) is 14.4 Å². The largest absolute Gasteiger partial charge is 0.396 e. The van der Waals surface area contributed by atoms with Crippen LogP contribution in [-0.2, 0) is 0 Å². The molecule has 1 aliphatic heterocycles. The first-order chi connectivity index (χ1) is 13.6. The molecule has 1 aromatic carbocycles. The zero-order valence-electron chi connectivity index (χ0n) is 15.2. The Hall–Kier alpha value is -2.57. The fourth-order valence-corrected chi connectivity index (χ4v) is 3.48. The molecule has 0 saturated carbocycles. The van der Waals surface area contributed by atoms with Crippen molar-refractivity contribution in [2.45, 2.75) is 12.6 Å². The zero-order chi connectivity index (χ0) is 19.5. The maximum Gasteiger partial charge on any atom is 0.163 e. The molecular formula is C21H20ClFN4O. The van der Waals surface area contributed by atoms with Crippen molar-refractivity contribution in [3.05, 3.63) is 59.9 Å². The fourth-order valence-electron chi connectivity index (χ4n) is 3.36. The summed E-state index contributed by atoms with van der Waals surface area (Å²) in [7, 11) is 0. The number of aromatic nitrogens is 3. The lowest BCUT2D eigenvalue weighted by molar-refractivity contribution is 0.120. The molecule has 1 aliphatic rings. The minimum absolute atomic E-state index is 0.129. The summed E-state index contributed by atoms with van der Waals surface area (Å²) < 4.78 is 14.4. The number of benzene rings is 1. The summed E-state index contributed by atoms with van der Waals surface area (Å²) in [5, 5.41) is 9.97. The van der Waals surface area contributed by atoms with Crippen molar-refractivity contribution >= 4 is 17.4 Å². The number of piperidine rings is 1. The SMILES string of the molecule is OC[C@@H]1CCN(c2cc(-c3ccc(Cl)cc3)nc(-c3cccnc3)n2)C[C@H]1F. The smallest absolute Gasteiger partial charge is 0.163 e. The van der Waals surface area contributed by atoms with Crippen LogP contribution in [0.4, 0.5) is 10.2 Å². The van der Waals surface area contributed by atoms with Gasteiger partial charge in [0.05, 0.1) is 12.2 Å². The summed E-state index contributed by atoms with van der Waals surface area (Å²) >= 11 is 6.01. The number of pyridine rings is 1. The van der Waals surface area contributed by atoms with Gasteiger partial charge in [0.2, 0.25) is 0 Å². The lowest BCUT2D eigenvalue weighted by atomic mass is 9.96. The molecule has 0 amide bonds. The number of halogens is 2. The van der Waals surface area contributed by atoms with Crippen LogP contribution in [0.1, 0.15) is 6.42 Å². The summed E-state index contributed by atoms with van der Waals surface area (Å²) in [6.45, 7) is 0.708. The maximum absolute atomic E-state index is 14.4. The first kappa shape index (κ1) is 18.8. The molecule has 0 bridgehead atoms. The molecule has 1 fully saturated rings. The van der Waals surface area contributed by atoms with Crippen molar-refractivity contribution in [2.75, 3.05) is 24.6 Å². The molecule has 2 atom stereocenters. The van der Waals surface area contributed by atoms with E-state index in [1.807, 2.05) is 47.4 Å². The number of aliphatic hydroxyl groups excluding tert-OH is 1. The fraction of sp³-hybridized carbons (Fsp3) is 0.286. The molecule has 4 rings (SSSR count). The van der Waals surface area contributed by atoms with Crippen LogP contribution in [-0.4, -0.2) is 45.9 Å². The van der Waals surface area contributed by atoms with Crippen LogP contribution in [0.25, 0.3) is 22.6 Å². The highest BCUT2D eigenvalue weighted by Gasteiger charge is 2.29. The maximum atomic E-state index is 14.4. The van der Waals surface area contributed by atoms with Crippen LogP contribution in [0.3, 0.4) is 0 Å². The second-order valence-corrected chi connectivity index (χ2v) is 7.31. The molecule has 0 spiro atoms. The molecule has 28 heavy (non-hydrogen) atoms. The lowest BCUT2D eigenvalue weighted by Crippen LogP contribution is -2.43. The van der Waals surface area contributed by atoms with Crippen molar-refractivity contribution in [1.29, 1.82) is 0 Å². The molecule has 3 heterocycles. The summed E-state index contributed by atoms with van der Waals surface area (Å²) in [4.78, 5) is 15.4. The third kappa shape index (κ3) is 3.98. The minimum atomic E-state index is -1.09. The molecule has 0 radical (unpaired) electrons. The number of nitrogens with zero attached hydrogens (tertiary/aromatic N) is 4. The van der Waals surface area contributed by atoms with Crippen LogP contribution in [0.5, 0.6) is 0 Å². The average molecular weight is 399 g/mol. The summed E-state index contributed by atoms with van der Waals surface area (Å²) in [6.07, 6.45) is 2.90. The Bertz CT molecular complexity index is 939. The average Bonchev–Trinajstić information content (AvgIpc) is 2.74. The number of anilines is 1. The standard InChI is InChI=1S/C21H20ClFN4O/c22-17-5-3-14(4-6-17)19-10-20(27-9-7-16(13-28)18(23)12-27)26-21(25-19)15-2-1-8-24-11-15/h1-6,8,10-11,16,18,28H,7,9,12-13H2/t16-,18+/m0/s1. The van der Waals surface area contributed by atoms with E-state index in [1.165, 1.54) is 0 Å². The molecule has 0 unspecified atom stereocenters. The van der Waals surface area contributed by atoms with Crippen molar-refractivity contribution in [3.63, 3.8) is 0 Å².